The van der Waals surface area contributed by atoms with Crippen LogP contribution >= 0.6 is 11.6 Å². The predicted molar refractivity (Wildman–Crippen MR) is 119 cm³/mol. The van der Waals surface area contributed by atoms with Crippen molar-refractivity contribution in [3.63, 3.8) is 0 Å². The summed E-state index contributed by atoms with van der Waals surface area (Å²) in [7, 11) is 4.16. The minimum Gasteiger partial charge on any atom is -0.370 e. The normalized spacial score (nSPS) is 10.9. The van der Waals surface area contributed by atoms with Gasteiger partial charge in [0.25, 0.3) is 0 Å². The van der Waals surface area contributed by atoms with Crippen molar-refractivity contribution < 1.29 is 0 Å². The summed E-state index contributed by atoms with van der Waals surface area (Å²) in [5.41, 5.74) is 3.02. The molecule has 0 saturated heterocycles. The number of halogens is 1. The van der Waals surface area contributed by atoms with Gasteiger partial charge in [0.2, 0.25) is 0 Å². The van der Waals surface area contributed by atoms with E-state index in [2.05, 4.69) is 29.6 Å². The third kappa shape index (κ3) is 5.68. The average Bonchev–Trinajstić information content (AvgIpc) is 2.68. The summed E-state index contributed by atoms with van der Waals surface area (Å²) in [6, 6.07) is 17.7. The molecule has 146 valence electrons. The van der Waals surface area contributed by atoms with Gasteiger partial charge < -0.3 is 15.5 Å². The van der Waals surface area contributed by atoms with Crippen LogP contribution in [0.5, 0.6) is 0 Å². The first kappa shape index (κ1) is 20.1. The molecule has 0 aliphatic carbocycles. The molecule has 0 amide bonds. The van der Waals surface area contributed by atoms with Crippen molar-refractivity contribution in [3.8, 4) is 11.4 Å². The summed E-state index contributed by atoms with van der Waals surface area (Å²) >= 11 is 6.08. The Labute approximate surface area is 171 Å². The summed E-state index contributed by atoms with van der Waals surface area (Å²) in [6.45, 7) is 3.90. The van der Waals surface area contributed by atoms with Gasteiger partial charge in [0.15, 0.2) is 5.82 Å². The summed E-state index contributed by atoms with van der Waals surface area (Å²) < 4.78 is 0. The van der Waals surface area contributed by atoms with Crippen LogP contribution in [0.3, 0.4) is 0 Å². The fourth-order valence-electron chi connectivity index (χ4n) is 2.84. The molecule has 0 saturated carbocycles. The zero-order chi connectivity index (χ0) is 19.9. The molecule has 0 spiro atoms. The highest BCUT2D eigenvalue weighted by Gasteiger charge is 2.08. The lowest BCUT2D eigenvalue weighted by Gasteiger charge is -2.14. The fraction of sp³-hybridized carbons (Fsp3) is 0.273. The van der Waals surface area contributed by atoms with Crippen LogP contribution in [0.4, 0.5) is 17.3 Å². The molecular weight excluding hydrogens is 370 g/mol. The standard InChI is InChI=1S/C22H26ClN5/c1-16-14-18(23)10-11-19(16)25-21-15-20(24-12-7-13-28(2)3)26-22(27-21)17-8-5-4-6-9-17/h4-6,8-11,14-15H,7,12-13H2,1-3H3,(H2,24,25,26,27). The van der Waals surface area contributed by atoms with Crippen LogP contribution in [0.2, 0.25) is 5.02 Å². The lowest BCUT2D eigenvalue weighted by molar-refractivity contribution is 0.405. The van der Waals surface area contributed by atoms with Gasteiger partial charge in [-0.3, -0.25) is 0 Å². The zero-order valence-corrected chi connectivity index (χ0v) is 17.3. The van der Waals surface area contributed by atoms with Crippen LogP contribution in [-0.4, -0.2) is 42.1 Å². The van der Waals surface area contributed by atoms with Crippen LogP contribution < -0.4 is 10.6 Å². The van der Waals surface area contributed by atoms with Crippen molar-refractivity contribution in [2.24, 2.45) is 0 Å². The smallest absolute Gasteiger partial charge is 0.163 e. The molecule has 28 heavy (non-hydrogen) atoms. The van der Waals surface area contributed by atoms with Crippen molar-refractivity contribution in [2.75, 3.05) is 37.8 Å². The van der Waals surface area contributed by atoms with Crippen molar-refractivity contribution in [3.05, 3.63) is 65.2 Å². The monoisotopic (exact) mass is 395 g/mol. The number of anilines is 3. The second-order valence-electron chi connectivity index (χ2n) is 7.00. The van der Waals surface area contributed by atoms with Crippen molar-refractivity contribution >= 4 is 28.9 Å². The molecule has 1 heterocycles. The lowest BCUT2D eigenvalue weighted by atomic mass is 10.2. The number of nitrogens with zero attached hydrogens (tertiary/aromatic N) is 3. The molecule has 1 aromatic heterocycles. The molecule has 2 N–H and O–H groups in total. The van der Waals surface area contributed by atoms with Gasteiger partial charge in [-0.1, -0.05) is 41.9 Å². The van der Waals surface area contributed by atoms with E-state index in [-0.39, 0.29) is 0 Å². The van der Waals surface area contributed by atoms with Gasteiger partial charge in [-0.25, -0.2) is 9.97 Å². The van der Waals surface area contributed by atoms with Crippen LogP contribution in [0.1, 0.15) is 12.0 Å². The largest absolute Gasteiger partial charge is 0.370 e. The number of nitrogens with one attached hydrogen (secondary N) is 2. The highest BCUT2D eigenvalue weighted by Crippen LogP contribution is 2.26. The van der Waals surface area contributed by atoms with Crippen molar-refractivity contribution in [1.82, 2.24) is 14.9 Å². The molecule has 5 nitrogen and oxygen atoms in total. The Kier molecular flexibility index (Phi) is 6.85. The van der Waals surface area contributed by atoms with Gasteiger partial charge in [0.1, 0.15) is 11.6 Å². The van der Waals surface area contributed by atoms with E-state index >= 15 is 0 Å². The Morgan fingerprint density at radius 2 is 1.71 bits per heavy atom. The maximum absolute atomic E-state index is 6.08. The first-order chi connectivity index (χ1) is 13.5. The maximum Gasteiger partial charge on any atom is 0.163 e. The second-order valence-corrected chi connectivity index (χ2v) is 7.43. The fourth-order valence-corrected chi connectivity index (χ4v) is 3.06. The Bertz CT molecular complexity index is 912. The molecule has 3 rings (SSSR count). The highest BCUT2D eigenvalue weighted by molar-refractivity contribution is 6.30. The third-order valence-corrected chi connectivity index (χ3v) is 4.53. The third-order valence-electron chi connectivity index (χ3n) is 4.30. The molecule has 0 aliphatic heterocycles. The van der Waals surface area contributed by atoms with Gasteiger partial charge >= 0.3 is 0 Å². The number of benzene rings is 2. The van der Waals surface area contributed by atoms with E-state index in [0.717, 1.165) is 53.0 Å². The Morgan fingerprint density at radius 1 is 0.964 bits per heavy atom. The van der Waals surface area contributed by atoms with E-state index in [4.69, 9.17) is 21.6 Å². The van der Waals surface area contributed by atoms with Crippen molar-refractivity contribution in [1.29, 1.82) is 0 Å². The molecular formula is C22H26ClN5. The van der Waals surface area contributed by atoms with Crippen LogP contribution in [0.15, 0.2) is 54.6 Å². The summed E-state index contributed by atoms with van der Waals surface area (Å²) in [4.78, 5) is 11.6. The highest BCUT2D eigenvalue weighted by atomic mass is 35.5. The second kappa shape index (κ2) is 9.53. The number of hydrogen-bond donors (Lipinski definition) is 2. The molecule has 0 bridgehead atoms. The SMILES string of the molecule is Cc1cc(Cl)ccc1Nc1cc(NCCCN(C)C)nc(-c2ccccc2)n1. The van der Waals surface area contributed by atoms with Crippen LogP contribution in [-0.2, 0) is 0 Å². The van der Waals surface area contributed by atoms with Gasteiger partial charge in [0.05, 0.1) is 0 Å². The summed E-state index contributed by atoms with van der Waals surface area (Å²) in [5, 5.41) is 7.54. The summed E-state index contributed by atoms with van der Waals surface area (Å²) in [5.74, 6) is 2.24. The van der Waals surface area contributed by atoms with E-state index in [9.17, 15) is 0 Å². The predicted octanol–water partition coefficient (Wildman–Crippen LogP) is 5.21. The molecule has 0 fully saturated rings. The van der Waals surface area contributed by atoms with E-state index in [0.29, 0.717) is 5.82 Å². The first-order valence-corrected chi connectivity index (χ1v) is 9.75. The molecule has 0 unspecified atom stereocenters. The van der Waals surface area contributed by atoms with Gasteiger partial charge in [-0.05, 0) is 57.7 Å². The maximum atomic E-state index is 6.08. The minimum absolute atomic E-state index is 0.687. The molecule has 0 radical (unpaired) electrons. The Morgan fingerprint density at radius 3 is 2.43 bits per heavy atom. The van der Waals surface area contributed by atoms with Gasteiger partial charge in [0, 0.05) is 28.9 Å². The van der Waals surface area contributed by atoms with Crippen LogP contribution in [0.25, 0.3) is 11.4 Å². The minimum atomic E-state index is 0.687. The zero-order valence-electron chi connectivity index (χ0n) is 16.5. The Balaban J connectivity index is 1.86. The van der Waals surface area contributed by atoms with E-state index < -0.39 is 0 Å². The van der Waals surface area contributed by atoms with Gasteiger partial charge in [-0.15, -0.1) is 0 Å². The first-order valence-electron chi connectivity index (χ1n) is 9.37. The molecule has 6 heteroatoms. The van der Waals surface area contributed by atoms with Crippen molar-refractivity contribution in [2.45, 2.75) is 13.3 Å². The molecule has 0 aliphatic rings. The molecule has 3 aromatic rings. The number of aromatic nitrogens is 2. The quantitative estimate of drug-likeness (QED) is 0.512. The number of rotatable bonds is 8. The molecule has 0 atom stereocenters. The van der Waals surface area contributed by atoms with Gasteiger partial charge in [-0.2, -0.15) is 0 Å². The van der Waals surface area contributed by atoms with E-state index in [1.54, 1.807) is 0 Å². The van der Waals surface area contributed by atoms with Crippen LogP contribution in [0, 0.1) is 6.92 Å². The topological polar surface area (TPSA) is 53.1 Å². The van der Waals surface area contributed by atoms with E-state index in [1.807, 2.05) is 61.5 Å². The molecule has 2 aromatic carbocycles. The number of aryl methyl sites for hydroxylation is 1. The summed E-state index contributed by atoms with van der Waals surface area (Å²) in [6.07, 6.45) is 1.04. The Hall–Kier alpha value is -2.63. The lowest BCUT2D eigenvalue weighted by Crippen LogP contribution is -2.16. The average molecular weight is 396 g/mol. The van der Waals surface area contributed by atoms with E-state index in [1.165, 1.54) is 0 Å². The number of hydrogen-bond acceptors (Lipinski definition) is 5.